The molecule has 164 valence electrons. The molecule has 2 N–H and O–H groups in total. The van der Waals surface area contributed by atoms with Gasteiger partial charge in [0.1, 0.15) is 17.9 Å². The Bertz CT molecular complexity index is 1210. The van der Waals surface area contributed by atoms with Crippen molar-refractivity contribution >= 4 is 45.6 Å². The van der Waals surface area contributed by atoms with E-state index in [2.05, 4.69) is 25.9 Å². The van der Waals surface area contributed by atoms with Gasteiger partial charge < -0.3 is 9.64 Å². The number of hydrogen-bond acceptors (Lipinski definition) is 5. The third kappa shape index (κ3) is 4.06. The number of benzene rings is 2. The zero-order chi connectivity index (χ0) is 22.8. The van der Waals surface area contributed by atoms with Gasteiger partial charge in [0.2, 0.25) is 0 Å². The summed E-state index contributed by atoms with van der Waals surface area (Å²) in [4.78, 5) is 23.4. The van der Waals surface area contributed by atoms with Crippen LogP contribution in [0.2, 0.25) is 5.02 Å². The Hall–Kier alpha value is -3.01. The number of methoxy groups -OCH3 is 1. The Morgan fingerprint density at radius 1 is 1.34 bits per heavy atom. The van der Waals surface area contributed by atoms with Gasteiger partial charge in [-0.3, -0.25) is 15.5 Å². The summed E-state index contributed by atoms with van der Waals surface area (Å²) in [7, 11) is 1.57. The first-order chi connectivity index (χ1) is 15.4. The number of aromatic nitrogens is 1. The van der Waals surface area contributed by atoms with Crippen LogP contribution in [0.1, 0.15) is 33.1 Å². The topological polar surface area (TPSA) is 87.0 Å². The third-order valence-corrected chi connectivity index (χ3v) is 6.10. The van der Waals surface area contributed by atoms with Gasteiger partial charge in [0.15, 0.2) is 5.82 Å². The highest BCUT2D eigenvalue weighted by Crippen LogP contribution is 2.47. The molecule has 2 heterocycles. The number of pyridine rings is 1. The Balaban J connectivity index is 1.88. The zero-order valence-electron chi connectivity index (χ0n) is 16.7. The summed E-state index contributed by atoms with van der Waals surface area (Å²) in [5.41, 5.74) is 3.90. The average molecular weight is 520 g/mol. The van der Waals surface area contributed by atoms with Crippen LogP contribution in [0.15, 0.2) is 58.1 Å². The van der Waals surface area contributed by atoms with E-state index in [4.69, 9.17) is 21.5 Å². The van der Waals surface area contributed by atoms with Crippen LogP contribution in [-0.4, -0.2) is 34.4 Å². The maximum absolute atomic E-state index is 14.2. The molecular formula is C22H17BrClFN4O3. The van der Waals surface area contributed by atoms with Crippen molar-refractivity contribution in [2.24, 2.45) is 4.99 Å². The molecule has 7 nitrogen and oxygen atoms in total. The lowest BCUT2D eigenvalue weighted by molar-refractivity contribution is 0.0736. The molecule has 3 aromatic rings. The van der Waals surface area contributed by atoms with Crippen molar-refractivity contribution in [1.82, 2.24) is 15.4 Å². The summed E-state index contributed by atoms with van der Waals surface area (Å²) >= 11 is 9.93. The van der Waals surface area contributed by atoms with Gasteiger partial charge in [-0.2, -0.15) is 0 Å². The van der Waals surface area contributed by atoms with Crippen LogP contribution < -0.4 is 10.2 Å². The van der Waals surface area contributed by atoms with Gasteiger partial charge >= 0.3 is 0 Å². The quantitative estimate of drug-likeness (QED) is 0.271. The van der Waals surface area contributed by atoms with Crippen molar-refractivity contribution in [3.05, 3.63) is 86.2 Å². The van der Waals surface area contributed by atoms with Crippen molar-refractivity contribution in [2.75, 3.05) is 7.11 Å². The molecule has 4 rings (SSSR count). The van der Waals surface area contributed by atoms with Crippen LogP contribution in [0.5, 0.6) is 5.75 Å². The van der Waals surface area contributed by atoms with Crippen LogP contribution in [0.4, 0.5) is 10.2 Å². The summed E-state index contributed by atoms with van der Waals surface area (Å²) in [6.45, 7) is 0.225. The lowest BCUT2D eigenvalue weighted by Gasteiger charge is -2.27. The number of halogens is 3. The monoisotopic (exact) mass is 518 g/mol. The second kappa shape index (κ2) is 9.23. The SMILES string of the molecule is COc1ccc(CN2C(=O)c3c(/N=C/NO)ncc(Br)c3C2c2cc(F)ccc2Cl)cc1. The van der Waals surface area contributed by atoms with E-state index in [0.29, 0.717) is 26.4 Å². The fourth-order valence-corrected chi connectivity index (χ4v) is 4.45. The highest BCUT2D eigenvalue weighted by atomic mass is 79.9. The predicted molar refractivity (Wildman–Crippen MR) is 121 cm³/mol. The summed E-state index contributed by atoms with van der Waals surface area (Å²) in [6.07, 6.45) is 2.52. The minimum absolute atomic E-state index is 0.115. The smallest absolute Gasteiger partial charge is 0.259 e. The van der Waals surface area contributed by atoms with Gasteiger partial charge in [-0.1, -0.05) is 23.7 Å². The van der Waals surface area contributed by atoms with Gasteiger partial charge in [0, 0.05) is 33.4 Å². The first kappa shape index (κ1) is 22.2. The van der Waals surface area contributed by atoms with E-state index >= 15 is 0 Å². The molecule has 0 saturated heterocycles. The van der Waals surface area contributed by atoms with Crippen molar-refractivity contribution < 1.29 is 19.1 Å². The number of aliphatic imine (C=N–C) groups is 1. The first-order valence-corrected chi connectivity index (χ1v) is 10.6. The van der Waals surface area contributed by atoms with Crippen LogP contribution in [0.25, 0.3) is 0 Å². The lowest BCUT2D eigenvalue weighted by atomic mass is 9.98. The number of rotatable bonds is 6. The fraction of sp³-hybridized carbons (Fsp3) is 0.136. The number of ether oxygens (including phenoxy) is 1. The van der Waals surface area contributed by atoms with Gasteiger partial charge in [-0.05, 0) is 51.8 Å². The number of fused-ring (bicyclic) bond motifs is 1. The molecular weight excluding hydrogens is 503 g/mol. The summed E-state index contributed by atoms with van der Waals surface area (Å²) < 4.78 is 20.0. The number of amides is 1. The van der Waals surface area contributed by atoms with E-state index in [-0.39, 0.29) is 23.8 Å². The Morgan fingerprint density at radius 3 is 2.78 bits per heavy atom. The van der Waals surface area contributed by atoms with Crippen molar-refractivity contribution in [2.45, 2.75) is 12.6 Å². The van der Waals surface area contributed by atoms with Crippen molar-refractivity contribution in [3.63, 3.8) is 0 Å². The number of hydrogen-bond donors (Lipinski definition) is 2. The Labute approximate surface area is 196 Å². The number of carbonyl (C=O) groups excluding carboxylic acids is 1. The van der Waals surface area contributed by atoms with Crippen molar-refractivity contribution in [3.8, 4) is 5.75 Å². The summed E-state index contributed by atoms with van der Waals surface area (Å²) in [6, 6.07) is 10.7. The van der Waals surface area contributed by atoms with Gasteiger partial charge in [-0.15, -0.1) is 0 Å². The molecule has 1 aromatic heterocycles. The molecule has 0 aliphatic carbocycles. The molecule has 1 aliphatic rings. The van der Waals surface area contributed by atoms with Crippen LogP contribution in [-0.2, 0) is 6.54 Å². The van der Waals surface area contributed by atoms with E-state index < -0.39 is 11.9 Å². The molecule has 10 heteroatoms. The normalized spacial score (nSPS) is 15.3. The molecule has 1 atom stereocenters. The van der Waals surface area contributed by atoms with E-state index in [1.165, 1.54) is 24.4 Å². The number of hydroxylamine groups is 1. The van der Waals surface area contributed by atoms with E-state index in [0.717, 1.165) is 11.9 Å². The number of nitrogens with one attached hydrogen (secondary N) is 1. The highest BCUT2D eigenvalue weighted by Gasteiger charge is 2.42. The molecule has 0 radical (unpaired) electrons. The van der Waals surface area contributed by atoms with E-state index in [1.807, 2.05) is 17.6 Å². The maximum Gasteiger partial charge on any atom is 0.259 e. The molecule has 32 heavy (non-hydrogen) atoms. The second-order valence-corrected chi connectivity index (χ2v) is 8.22. The van der Waals surface area contributed by atoms with Gasteiger partial charge in [0.25, 0.3) is 5.91 Å². The van der Waals surface area contributed by atoms with Gasteiger partial charge in [0.05, 0.1) is 18.7 Å². The van der Waals surface area contributed by atoms with Crippen molar-refractivity contribution in [1.29, 1.82) is 0 Å². The standard InChI is InChI=1S/C22H17BrClFN4O3/c1-32-14-5-2-12(3-6-14)10-29-20(15-8-13(25)4-7-17(15)24)18-16(23)9-26-21(27-11-28-31)19(18)22(29)30/h2-9,11,20,31H,10H2,1H3,(H,26,27,28). The minimum atomic E-state index is -0.684. The van der Waals surface area contributed by atoms with Crippen LogP contribution in [0.3, 0.4) is 0 Å². The third-order valence-electron chi connectivity index (χ3n) is 5.12. The molecule has 1 aliphatic heterocycles. The number of nitrogens with zero attached hydrogens (tertiary/aromatic N) is 3. The molecule has 2 aromatic carbocycles. The van der Waals surface area contributed by atoms with E-state index in [9.17, 15) is 9.18 Å². The van der Waals surface area contributed by atoms with Crippen LogP contribution >= 0.6 is 27.5 Å². The molecule has 1 unspecified atom stereocenters. The second-order valence-electron chi connectivity index (χ2n) is 6.96. The molecule has 0 fully saturated rings. The zero-order valence-corrected chi connectivity index (χ0v) is 19.1. The lowest BCUT2D eigenvalue weighted by Crippen LogP contribution is -2.28. The average Bonchev–Trinajstić information content (AvgIpc) is 3.08. The van der Waals surface area contributed by atoms with E-state index in [1.54, 1.807) is 24.1 Å². The molecule has 0 bridgehead atoms. The largest absolute Gasteiger partial charge is 0.497 e. The Kier molecular flexibility index (Phi) is 6.40. The van der Waals surface area contributed by atoms with Crippen LogP contribution in [0, 0.1) is 5.82 Å². The molecule has 0 saturated carbocycles. The highest BCUT2D eigenvalue weighted by molar-refractivity contribution is 9.10. The molecule has 0 spiro atoms. The summed E-state index contributed by atoms with van der Waals surface area (Å²) in [5, 5.41) is 9.20. The maximum atomic E-state index is 14.2. The minimum Gasteiger partial charge on any atom is -0.497 e. The first-order valence-electron chi connectivity index (χ1n) is 9.44. The Morgan fingerprint density at radius 2 is 2.09 bits per heavy atom. The fourth-order valence-electron chi connectivity index (χ4n) is 3.71. The summed E-state index contributed by atoms with van der Waals surface area (Å²) in [5.74, 6) is -0.0123. The van der Waals surface area contributed by atoms with Gasteiger partial charge in [-0.25, -0.2) is 14.4 Å². The molecule has 1 amide bonds. The number of carbonyl (C=O) groups is 1. The predicted octanol–water partition coefficient (Wildman–Crippen LogP) is 5.03.